The first-order valence-corrected chi connectivity index (χ1v) is 7.57. The highest BCUT2D eigenvalue weighted by molar-refractivity contribution is 5.85. The fourth-order valence-electron chi connectivity index (χ4n) is 2.77. The molecule has 1 amide bonds. The van der Waals surface area contributed by atoms with E-state index in [2.05, 4.69) is 5.32 Å². The van der Waals surface area contributed by atoms with Crippen LogP contribution >= 0.6 is 0 Å². The second-order valence-corrected chi connectivity index (χ2v) is 5.86. The van der Waals surface area contributed by atoms with E-state index in [9.17, 15) is 14.7 Å². The number of carboxylic acid groups (broad SMARTS) is 1. The van der Waals surface area contributed by atoms with Crippen LogP contribution in [-0.2, 0) is 14.3 Å². The Kier molecular flexibility index (Phi) is 6.99. The summed E-state index contributed by atoms with van der Waals surface area (Å²) in [6.07, 6.45) is 3.21. The first-order valence-electron chi connectivity index (χ1n) is 7.57. The Labute approximate surface area is 121 Å². The number of amides is 1. The summed E-state index contributed by atoms with van der Waals surface area (Å²) >= 11 is 0. The lowest BCUT2D eigenvalue weighted by molar-refractivity contribution is -0.146. The number of rotatable bonds is 8. The molecule has 0 heterocycles. The Hall–Kier alpha value is -1.10. The van der Waals surface area contributed by atoms with E-state index in [-0.39, 0.29) is 17.9 Å². The van der Waals surface area contributed by atoms with Crippen LogP contribution in [0.1, 0.15) is 46.5 Å². The van der Waals surface area contributed by atoms with E-state index in [1.807, 2.05) is 20.8 Å². The van der Waals surface area contributed by atoms with Crippen molar-refractivity contribution in [3.05, 3.63) is 0 Å². The summed E-state index contributed by atoms with van der Waals surface area (Å²) in [7, 11) is 0. The number of carboxylic acids is 1. The minimum atomic E-state index is -0.843. The Balaban J connectivity index is 2.35. The van der Waals surface area contributed by atoms with Crippen molar-refractivity contribution in [2.24, 2.45) is 17.8 Å². The fourth-order valence-corrected chi connectivity index (χ4v) is 2.77. The van der Waals surface area contributed by atoms with Crippen molar-refractivity contribution in [3.8, 4) is 0 Å². The van der Waals surface area contributed by atoms with E-state index < -0.39 is 11.9 Å². The average molecular weight is 285 g/mol. The Bertz CT molecular complexity index is 330. The molecule has 1 aliphatic rings. The van der Waals surface area contributed by atoms with Crippen LogP contribution < -0.4 is 5.32 Å². The monoisotopic (exact) mass is 285 g/mol. The van der Waals surface area contributed by atoms with Gasteiger partial charge in [-0.25, -0.2) is 0 Å². The smallest absolute Gasteiger partial charge is 0.307 e. The Morgan fingerprint density at radius 3 is 2.50 bits per heavy atom. The maximum Gasteiger partial charge on any atom is 0.307 e. The normalized spacial score (nSPS) is 25.9. The third-order valence-corrected chi connectivity index (χ3v) is 3.96. The van der Waals surface area contributed by atoms with E-state index in [1.54, 1.807) is 0 Å². The molecule has 1 unspecified atom stereocenters. The van der Waals surface area contributed by atoms with Gasteiger partial charge in [0.05, 0.1) is 17.9 Å². The third-order valence-electron chi connectivity index (χ3n) is 3.96. The number of ether oxygens (including phenoxy) is 1. The van der Waals surface area contributed by atoms with Crippen molar-refractivity contribution in [2.45, 2.75) is 52.6 Å². The molecule has 0 aromatic heterocycles. The number of carbonyl (C=O) groups excluding carboxylic acids is 1. The third kappa shape index (κ3) is 5.12. The highest BCUT2D eigenvalue weighted by atomic mass is 16.5. The van der Waals surface area contributed by atoms with E-state index in [1.165, 1.54) is 0 Å². The van der Waals surface area contributed by atoms with Crippen LogP contribution in [0.25, 0.3) is 0 Å². The molecule has 5 nitrogen and oxygen atoms in total. The molecule has 1 saturated carbocycles. The van der Waals surface area contributed by atoms with Crippen molar-refractivity contribution in [1.29, 1.82) is 0 Å². The Morgan fingerprint density at radius 1 is 1.30 bits per heavy atom. The molecule has 0 spiro atoms. The summed E-state index contributed by atoms with van der Waals surface area (Å²) in [5.74, 6) is -1.49. The number of hydrogen-bond donors (Lipinski definition) is 2. The van der Waals surface area contributed by atoms with Gasteiger partial charge >= 0.3 is 5.97 Å². The predicted octanol–water partition coefficient (Wildman–Crippen LogP) is 2.05. The van der Waals surface area contributed by atoms with Crippen LogP contribution in [0.2, 0.25) is 0 Å². The molecule has 2 N–H and O–H groups in total. The van der Waals surface area contributed by atoms with Crippen molar-refractivity contribution >= 4 is 11.9 Å². The van der Waals surface area contributed by atoms with Crippen LogP contribution in [0.3, 0.4) is 0 Å². The molecule has 0 aromatic carbocycles. The lowest BCUT2D eigenvalue weighted by Gasteiger charge is -2.15. The lowest BCUT2D eigenvalue weighted by atomic mass is 9.95. The standard InChI is InChI=1S/C15H27NO4/c1-4-11-8-12(13(9-11)15(18)19)14(17)16-6-5-7-20-10(2)3/h10-13H,4-9H2,1-3H3,(H,16,17)(H,18,19)/t11?,12-,13+/m0/s1. The molecule has 1 rings (SSSR count). The minimum absolute atomic E-state index is 0.113. The lowest BCUT2D eigenvalue weighted by Crippen LogP contribution is -2.36. The number of carbonyl (C=O) groups is 2. The number of aliphatic carboxylic acids is 1. The second kappa shape index (κ2) is 8.25. The highest BCUT2D eigenvalue weighted by Gasteiger charge is 2.41. The highest BCUT2D eigenvalue weighted by Crippen LogP contribution is 2.38. The van der Waals surface area contributed by atoms with Gasteiger partial charge in [0.25, 0.3) is 0 Å². The van der Waals surface area contributed by atoms with E-state index in [0.717, 1.165) is 12.8 Å². The quantitative estimate of drug-likeness (QED) is 0.669. The molecule has 3 atom stereocenters. The number of nitrogens with one attached hydrogen (secondary N) is 1. The first-order chi connectivity index (χ1) is 9.45. The Morgan fingerprint density at radius 2 is 1.95 bits per heavy atom. The van der Waals surface area contributed by atoms with Gasteiger partial charge in [-0.2, -0.15) is 0 Å². The summed E-state index contributed by atoms with van der Waals surface area (Å²) in [5, 5.41) is 12.1. The van der Waals surface area contributed by atoms with Crippen LogP contribution in [0.5, 0.6) is 0 Å². The molecule has 5 heteroatoms. The van der Waals surface area contributed by atoms with Crippen LogP contribution in [0.15, 0.2) is 0 Å². The van der Waals surface area contributed by atoms with Gasteiger partial charge in [-0.05, 0) is 39.0 Å². The molecule has 0 saturated heterocycles. The largest absolute Gasteiger partial charge is 0.481 e. The summed E-state index contributed by atoms with van der Waals surface area (Å²) in [4.78, 5) is 23.3. The molecule has 116 valence electrons. The topological polar surface area (TPSA) is 75.6 Å². The minimum Gasteiger partial charge on any atom is -0.481 e. The van der Waals surface area contributed by atoms with Gasteiger partial charge in [-0.15, -0.1) is 0 Å². The van der Waals surface area contributed by atoms with Gasteiger partial charge in [-0.1, -0.05) is 13.3 Å². The molecule has 0 aliphatic heterocycles. The van der Waals surface area contributed by atoms with Crippen LogP contribution in [0, 0.1) is 17.8 Å². The molecule has 1 aliphatic carbocycles. The fraction of sp³-hybridized carbons (Fsp3) is 0.867. The van der Waals surface area contributed by atoms with Crippen molar-refractivity contribution < 1.29 is 19.4 Å². The maximum absolute atomic E-state index is 12.1. The summed E-state index contributed by atoms with van der Waals surface area (Å²) in [6, 6.07) is 0. The van der Waals surface area contributed by atoms with Gasteiger partial charge in [0, 0.05) is 13.2 Å². The summed E-state index contributed by atoms with van der Waals surface area (Å²) in [6.45, 7) is 7.15. The van der Waals surface area contributed by atoms with E-state index in [4.69, 9.17) is 4.74 Å². The summed E-state index contributed by atoms with van der Waals surface area (Å²) < 4.78 is 5.40. The predicted molar refractivity (Wildman–Crippen MR) is 76.3 cm³/mol. The molecule has 0 radical (unpaired) electrons. The zero-order chi connectivity index (χ0) is 15.1. The molecule has 0 bridgehead atoms. The zero-order valence-electron chi connectivity index (χ0n) is 12.7. The molecular formula is C15H27NO4. The van der Waals surface area contributed by atoms with Gasteiger partial charge in [0.1, 0.15) is 0 Å². The first kappa shape index (κ1) is 17.0. The van der Waals surface area contributed by atoms with Gasteiger partial charge in [0.2, 0.25) is 5.91 Å². The summed E-state index contributed by atoms with van der Waals surface area (Å²) in [5.41, 5.74) is 0. The molecule has 1 fully saturated rings. The molecule has 20 heavy (non-hydrogen) atoms. The van der Waals surface area contributed by atoms with Crippen molar-refractivity contribution in [1.82, 2.24) is 5.32 Å². The van der Waals surface area contributed by atoms with E-state index >= 15 is 0 Å². The van der Waals surface area contributed by atoms with Gasteiger partial charge in [-0.3, -0.25) is 9.59 Å². The van der Waals surface area contributed by atoms with Crippen LogP contribution in [-0.4, -0.2) is 36.2 Å². The number of hydrogen-bond acceptors (Lipinski definition) is 3. The second-order valence-electron chi connectivity index (χ2n) is 5.86. The van der Waals surface area contributed by atoms with Crippen LogP contribution in [0.4, 0.5) is 0 Å². The van der Waals surface area contributed by atoms with Gasteiger partial charge < -0.3 is 15.2 Å². The average Bonchev–Trinajstić information content (AvgIpc) is 2.82. The zero-order valence-corrected chi connectivity index (χ0v) is 12.7. The molecule has 0 aromatic rings. The SMILES string of the molecule is CCC1C[C@H](C(=O)NCCCOC(C)C)[C@H](C(=O)O)C1. The maximum atomic E-state index is 12.1. The molecular weight excluding hydrogens is 258 g/mol. The van der Waals surface area contributed by atoms with Gasteiger partial charge in [0.15, 0.2) is 0 Å². The van der Waals surface area contributed by atoms with Crippen molar-refractivity contribution in [2.75, 3.05) is 13.2 Å². The van der Waals surface area contributed by atoms with E-state index in [0.29, 0.717) is 31.9 Å². The van der Waals surface area contributed by atoms with Crippen molar-refractivity contribution in [3.63, 3.8) is 0 Å².